The lowest BCUT2D eigenvalue weighted by Crippen LogP contribution is -2.23. The molecule has 3 rings (SSSR count). The van der Waals surface area contributed by atoms with Crippen LogP contribution in [0.2, 0.25) is 0 Å². The van der Waals surface area contributed by atoms with E-state index < -0.39 is 23.2 Å². The summed E-state index contributed by atoms with van der Waals surface area (Å²) < 4.78 is 4.93. The number of pyridine rings is 1. The lowest BCUT2D eigenvalue weighted by Gasteiger charge is -2.17. The van der Waals surface area contributed by atoms with Gasteiger partial charge in [0.25, 0.3) is 0 Å². The van der Waals surface area contributed by atoms with E-state index in [-0.39, 0.29) is 17.0 Å². The third-order valence-corrected chi connectivity index (χ3v) is 3.94. The summed E-state index contributed by atoms with van der Waals surface area (Å²) in [5.41, 5.74) is 9.77. The number of methoxy groups -OCH3 is 1. The number of carbonyl (C=O) groups excluding carboxylic acids is 2. The quantitative estimate of drug-likeness (QED) is 0.367. The first-order valence-electron chi connectivity index (χ1n) is 7.91. The number of fused-ring (bicyclic) bond motifs is 1. The number of azide groups is 1. The Labute approximate surface area is 158 Å². The smallest absolute Gasteiger partial charge is 0.328 e. The first kappa shape index (κ1) is 18.6. The van der Waals surface area contributed by atoms with Gasteiger partial charge in [-0.15, -0.1) is 0 Å². The molecule has 1 aromatic carbocycles. The number of ketones is 2. The fraction of sp³-hybridized carbons (Fsp3) is 0.0526. The molecule has 0 amide bonds. The van der Waals surface area contributed by atoms with Crippen LogP contribution in [0, 0.1) is 0 Å². The van der Waals surface area contributed by atoms with Crippen molar-refractivity contribution in [3.05, 3.63) is 81.2 Å². The maximum Gasteiger partial charge on any atom is 0.328 e. The monoisotopic (exact) mass is 376 g/mol. The zero-order valence-corrected chi connectivity index (χ0v) is 14.5. The number of hydrogen-bond donors (Lipinski definition) is 1. The van der Waals surface area contributed by atoms with Gasteiger partial charge in [-0.05, 0) is 35.4 Å². The van der Waals surface area contributed by atoms with Gasteiger partial charge in [0.1, 0.15) is 11.4 Å². The second-order valence-corrected chi connectivity index (χ2v) is 5.62. The molecule has 0 spiro atoms. The molecule has 2 aromatic rings. The number of carbonyl (C=O) groups is 3. The van der Waals surface area contributed by atoms with Crippen LogP contribution in [0.5, 0.6) is 0 Å². The molecule has 1 aliphatic rings. The molecule has 0 fully saturated rings. The van der Waals surface area contributed by atoms with Crippen molar-refractivity contribution in [2.45, 2.75) is 0 Å². The average Bonchev–Trinajstić information content (AvgIpc) is 2.70. The summed E-state index contributed by atoms with van der Waals surface area (Å²) in [7, 11) is 1.20. The summed E-state index contributed by atoms with van der Waals surface area (Å²) in [6, 6.07) is 9.85. The summed E-state index contributed by atoms with van der Waals surface area (Å²) >= 11 is 0. The number of benzene rings is 1. The Bertz CT molecular complexity index is 1130. The van der Waals surface area contributed by atoms with E-state index in [1.807, 2.05) is 0 Å². The van der Waals surface area contributed by atoms with E-state index in [4.69, 9.17) is 15.4 Å². The predicted octanol–water partition coefficient (Wildman–Crippen LogP) is 3.39. The van der Waals surface area contributed by atoms with Crippen LogP contribution in [0.25, 0.3) is 27.8 Å². The largest absolute Gasteiger partial charge is 0.492 e. The van der Waals surface area contributed by atoms with Gasteiger partial charge in [0.05, 0.1) is 18.4 Å². The summed E-state index contributed by atoms with van der Waals surface area (Å²) in [4.78, 5) is 42.7. The molecular weight excluding hydrogens is 364 g/mol. The Morgan fingerprint density at radius 2 is 2.04 bits per heavy atom. The van der Waals surface area contributed by atoms with Crippen molar-refractivity contribution in [2.24, 2.45) is 5.11 Å². The summed E-state index contributed by atoms with van der Waals surface area (Å²) in [6.07, 6.45) is 2.43. The van der Waals surface area contributed by atoms with E-state index in [1.54, 1.807) is 30.3 Å². The van der Waals surface area contributed by atoms with Crippen molar-refractivity contribution in [3.8, 4) is 11.3 Å². The predicted molar refractivity (Wildman–Crippen MR) is 98.2 cm³/mol. The Kier molecular flexibility index (Phi) is 5.01. The highest BCUT2D eigenvalue weighted by Crippen LogP contribution is 2.29. The molecule has 9 nitrogen and oxygen atoms in total. The van der Waals surface area contributed by atoms with Crippen molar-refractivity contribution in [1.82, 2.24) is 4.98 Å². The minimum Gasteiger partial charge on any atom is -0.492 e. The number of carboxylic acids is 1. The minimum absolute atomic E-state index is 0.0458. The number of Topliss-reactive ketones (excluding diaryl/α,β-unsaturated/α-hetero) is 2. The lowest BCUT2D eigenvalue weighted by atomic mass is 9.94. The highest BCUT2D eigenvalue weighted by atomic mass is 16.5. The molecule has 9 heteroatoms. The summed E-state index contributed by atoms with van der Waals surface area (Å²) in [6.45, 7) is 0. The fourth-order valence-corrected chi connectivity index (χ4v) is 2.72. The number of allylic oxidation sites excluding steroid dienone is 2. The van der Waals surface area contributed by atoms with Gasteiger partial charge in [-0.25, -0.2) is 9.78 Å². The van der Waals surface area contributed by atoms with Crippen molar-refractivity contribution in [2.75, 3.05) is 7.11 Å². The number of nitrogens with zero attached hydrogens (tertiary/aromatic N) is 4. The van der Waals surface area contributed by atoms with Gasteiger partial charge in [0.2, 0.25) is 11.6 Å². The number of ether oxygens (including phenoxy) is 1. The highest BCUT2D eigenvalue weighted by Gasteiger charge is 2.34. The van der Waals surface area contributed by atoms with Crippen LogP contribution < -0.4 is 0 Å². The van der Waals surface area contributed by atoms with E-state index >= 15 is 0 Å². The second kappa shape index (κ2) is 7.56. The number of aliphatic carboxylic acids is 1. The van der Waals surface area contributed by atoms with Crippen LogP contribution in [0.1, 0.15) is 26.4 Å². The van der Waals surface area contributed by atoms with E-state index in [0.717, 1.165) is 6.08 Å². The van der Waals surface area contributed by atoms with E-state index in [1.165, 1.54) is 19.3 Å². The Balaban J connectivity index is 2.09. The van der Waals surface area contributed by atoms with Crippen LogP contribution in [-0.4, -0.2) is 34.7 Å². The van der Waals surface area contributed by atoms with Crippen molar-refractivity contribution in [1.29, 1.82) is 0 Å². The maximum absolute atomic E-state index is 12.7. The molecule has 1 aliphatic carbocycles. The van der Waals surface area contributed by atoms with Gasteiger partial charge in [0, 0.05) is 16.6 Å². The fourth-order valence-electron chi connectivity index (χ4n) is 2.72. The second-order valence-electron chi connectivity index (χ2n) is 5.62. The minimum atomic E-state index is -1.08. The molecule has 0 radical (unpaired) electrons. The third-order valence-electron chi connectivity index (χ3n) is 3.94. The lowest BCUT2D eigenvalue weighted by molar-refractivity contribution is -0.131. The van der Waals surface area contributed by atoms with Gasteiger partial charge in [-0.3, -0.25) is 9.59 Å². The summed E-state index contributed by atoms with van der Waals surface area (Å²) in [5, 5.41) is 12.0. The molecule has 0 atom stereocenters. The Hall–Kier alpha value is -4.23. The first-order valence-corrected chi connectivity index (χ1v) is 7.91. The molecule has 28 heavy (non-hydrogen) atoms. The van der Waals surface area contributed by atoms with Crippen LogP contribution in [-0.2, 0) is 9.53 Å². The average molecular weight is 376 g/mol. The molecule has 138 valence electrons. The van der Waals surface area contributed by atoms with E-state index in [2.05, 4.69) is 15.0 Å². The normalized spacial score (nSPS) is 13.3. The van der Waals surface area contributed by atoms with Crippen LogP contribution in [0.4, 0.5) is 0 Å². The third kappa shape index (κ3) is 3.37. The molecule has 0 unspecified atom stereocenters. The topological polar surface area (TPSA) is 142 Å². The number of hydrogen-bond acceptors (Lipinski definition) is 6. The van der Waals surface area contributed by atoms with Crippen LogP contribution in [0.3, 0.4) is 0 Å². The van der Waals surface area contributed by atoms with Crippen molar-refractivity contribution >= 4 is 23.6 Å². The number of carboxylic acid groups (broad SMARTS) is 1. The van der Waals surface area contributed by atoms with Crippen molar-refractivity contribution in [3.63, 3.8) is 0 Å². The van der Waals surface area contributed by atoms with Crippen LogP contribution >= 0.6 is 0 Å². The van der Waals surface area contributed by atoms with Crippen LogP contribution in [0.15, 0.2) is 59.0 Å². The molecule has 1 heterocycles. The van der Waals surface area contributed by atoms with E-state index in [9.17, 15) is 14.4 Å². The number of aromatic nitrogens is 1. The Morgan fingerprint density at radius 3 is 2.71 bits per heavy atom. The first-order chi connectivity index (χ1) is 13.5. The molecule has 0 bridgehead atoms. The number of rotatable bonds is 5. The zero-order valence-electron chi connectivity index (χ0n) is 14.5. The Morgan fingerprint density at radius 1 is 1.25 bits per heavy atom. The molecule has 0 saturated heterocycles. The molecule has 0 saturated carbocycles. The van der Waals surface area contributed by atoms with Gasteiger partial charge >= 0.3 is 5.97 Å². The standard InChI is InChI=1S/C19H12N4O5/c1-28-19-16(22-23-20)18(27)15-12(17(19)26)6-7-13(21-15)11-4-2-3-10(9-11)5-8-14(24)25/h2-9H,1H3,(H,24,25)/b8-5+. The highest BCUT2D eigenvalue weighted by molar-refractivity contribution is 6.25. The SMILES string of the molecule is COC1=C(N=[N+]=[N-])C(=O)c2nc(-c3cccc(/C=C/C(=O)O)c3)ccc2C1=O. The van der Waals surface area contributed by atoms with Gasteiger partial charge in [0.15, 0.2) is 5.76 Å². The van der Waals surface area contributed by atoms with E-state index in [0.29, 0.717) is 16.8 Å². The molecular formula is C19H12N4O5. The maximum atomic E-state index is 12.7. The van der Waals surface area contributed by atoms with Crippen molar-refractivity contribution < 1.29 is 24.2 Å². The summed E-state index contributed by atoms with van der Waals surface area (Å²) in [5.74, 6) is -2.72. The molecule has 0 aliphatic heterocycles. The van der Waals surface area contributed by atoms with Gasteiger partial charge < -0.3 is 9.84 Å². The molecule has 1 aromatic heterocycles. The van der Waals surface area contributed by atoms with Gasteiger partial charge in [-0.2, -0.15) is 0 Å². The zero-order chi connectivity index (χ0) is 20.3. The van der Waals surface area contributed by atoms with Gasteiger partial charge in [-0.1, -0.05) is 23.3 Å². The molecule has 1 N–H and O–H groups in total.